The molecule has 0 N–H and O–H groups in total. The number of aromatic nitrogens is 5. The third-order valence-electron chi connectivity index (χ3n) is 3.92. The molecule has 0 aliphatic heterocycles. The molecular weight excluding hydrogens is 321 g/mol. The summed E-state index contributed by atoms with van der Waals surface area (Å²) in [5.74, 6) is -0.395. The molecule has 6 nitrogen and oxygen atoms in total. The lowest BCUT2D eigenvalue weighted by Crippen LogP contribution is -2.21. The average molecular weight is 335 g/mol. The molecule has 0 saturated carbocycles. The predicted octanol–water partition coefficient (Wildman–Crippen LogP) is 2.47. The van der Waals surface area contributed by atoms with E-state index in [0.717, 1.165) is 11.1 Å². The first-order valence-electron chi connectivity index (χ1n) is 7.74. The van der Waals surface area contributed by atoms with Gasteiger partial charge in [0.15, 0.2) is 11.2 Å². The molecule has 124 valence electrons. The third kappa shape index (κ3) is 2.80. The Kier molecular flexibility index (Phi) is 3.61. The van der Waals surface area contributed by atoms with E-state index in [9.17, 15) is 9.18 Å². The van der Waals surface area contributed by atoms with Gasteiger partial charge in [-0.05, 0) is 30.7 Å². The molecule has 0 unspecified atom stereocenters. The van der Waals surface area contributed by atoms with Crippen LogP contribution >= 0.6 is 0 Å². The molecule has 0 atom stereocenters. The molecule has 0 amide bonds. The van der Waals surface area contributed by atoms with Crippen molar-refractivity contribution in [3.8, 4) is 5.69 Å². The van der Waals surface area contributed by atoms with Gasteiger partial charge in [-0.2, -0.15) is 4.68 Å². The summed E-state index contributed by atoms with van der Waals surface area (Å²) in [6.07, 6.45) is 1.46. The van der Waals surface area contributed by atoms with Gasteiger partial charge >= 0.3 is 0 Å². The smallest absolute Gasteiger partial charge is 0.283 e. The lowest BCUT2D eigenvalue weighted by molar-refractivity contribution is 0.625. The fraction of sp³-hybridized carbons (Fsp3) is 0.111. The van der Waals surface area contributed by atoms with Crippen LogP contribution in [0.1, 0.15) is 11.1 Å². The van der Waals surface area contributed by atoms with Crippen LogP contribution in [0, 0.1) is 12.7 Å². The van der Waals surface area contributed by atoms with Crippen LogP contribution in [0.15, 0.2) is 59.7 Å². The van der Waals surface area contributed by atoms with Crippen LogP contribution in [0.25, 0.3) is 16.9 Å². The summed E-state index contributed by atoms with van der Waals surface area (Å²) in [4.78, 5) is 17.0. The summed E-state index contributed by atoms with van der Waals surface area (Å²) in [5.41, 5.74) is 2.76. The number of aryl methyl sites for hydroxylation is 1. The molecule has 0 spiro atoms. The Morgan fingerprint density at radius 2 is 1.96 bits per heavy atom. The highest BCUT2D eigenvalue weighted by Crippen LogP contribution is 2.13. The molecule has 0 aliphatic carbocycles. The summed E-state index contributed by atoms with van der Waals surface area (Å²) in [5, 5.41) is 7.89. The molecule has 0 bridgehead atoms. The van der Waals surface area contributed by atoms with Crippen molar-refractivity contribution >= 4 is 11.2 Å². The number of fused-ring (bicyclic) bond motifs is 1. The first-order chi connectivity index (χ1) is 12.1. The van der Waals surface area contributed by atoms with E-state index in [1.54, 1.807) is 12.1 Å². The minimum atomic E-state index is -0.395. The van der Waals surface area contributed by atoms with Crippen LogP contribution in [-0.2, 0) is 6.54 Å². The van der Waals surface area contributed by atoms with Gasteiger partial charge in [0, 0.05) is 0 Å². The average Bonchev–Trinajstić information content (AvgIpc) is 3.02. The van der Waals surface area contributed by atoms with Crippen LogP contribution in [0.4, 0.5) is 4.39 Å². The van der Waals surface area contributed by atoms with Crippen LogP contribution in [0.3, 0.4) is 0 Å². The van der Waals surface area contributed by atoms with E-state index in [4.69, 9.17) is 0 Å². The van der Waals surface area contributed by atoms with E-state index in [0.29, 0.717) is 17.9 Å². The molecule has 0 saturated heterocycles. The van der Waals surface area contributed by atoms with E-state index in [-0.39, 0.29) is 11.1 Å². The Labute approximate surface area is 142 Å². The number of rotatable bonds is 3. The number of halogens is 1. The first-order valence-corrected chi connectivity index (χ1v) is 7.74. The number of nitrogens with zero attached hydrogens (tertiary/aromatic N) is 5. The van der Waals surface area contributed by atoms with Crippen molar-refractivity contribution in [3.63, 3.8) is 0 Å². The fourth-order valence-corrected chi connectivity index (χ4v) is 2.75. The quantitative estimate of drug-likeness (QED) is 0.577. The Morgan fingerprint density at radius 3 is 2.76 bits per heavy atom. The van der Waals surface area contributed by atoms with Gasteiger partial charge < -0.3 is 0 Å². The number of hydrogen-bond donors (Lipinski definition) is 0. The highest BCUT2D eigenvalue weighted by atomic mass is 19.1. The molecule has 4 rings (SSSR count). The monoisotopic (exact) mass is 335 g/mol. The maximum Gasteiger partial charge on any atom is 0.283 e. The normalized spacial score (nSPS) is 11.1. The van der Waals surface area contributed by atoms with Crippen molar-refractivity contribution in [2.24, 2.45) is 0 Å². The van der Waals surface area contributed by atoms with E-state index >= 15 is 0 Å². The van der Waals surface area contributed by atoms with Gasteiger partial charge in [-0.3, -0.25) is 9.36 Å². The minimum Gasteiger partial charge on any atom is -0.293 e. The third-order valence-corrected chi connectivity index (χ3v) is 3.92. The molecule has 25 heavy (non-hydrogen) atoms. The Balaban J connectivity index is 1.78. The second-order valence-electron chi connectivity index (χ2n) is 5.82. The van der Waals surface area contributed by atoms with Gasteiger partial charge in [0.05, 0.1) is 12.2 Å². The molecular formula is C18H14FN5O. The zero-order valence-corrected chi connectivity index (χ0v) is 13.4. The number of benzene rings is 2. The van der Waals surface area contributed by atoms with E-state index in [1.165, 1.54) is 27.7 Å². The lowest BCUT2D eigenvalue weighted by Gasteiger charge is -2.06. The predicted molar refractivity (Wildman–Crippen MR) is 91.2 cm³/mol. The molecule has 0 fully saturated rings. The van der Waals surface area contributed by atoms with Crippen molar-refractivity contribution in [2.75, 3.05) is 0 Å². The van der Waals surface area contributed by atoms with Gasteiger partial charge in [-0.1, -0.05) is 41.1 Å². The second-order valence-corrected chi connectivity index (χ2v) is 5.82. The molecule has 2 aromatic heterocycles. The Hall–Kier alpha value is -3.35. The molecule has 2 heterocycles. The number of hydrogen-bond acceptors (Lipinski definition) is 4. The van der Waals surface area contributed by atoms with Gasteiger partial charge in [0.25, 0.3) is 5.56 Å². The summed E-state index contributed by atoms with van der Waals surface area (Å²) in [7, 11) is 0. The summed E-state index contributed by atoms with van der Waals surface area (Å²) < 4.78 is 16.3. The van der Waals surface area contributed by atoms with Crippen molar-refractivity contribution in [2.45, 2.75) is 13.5 Å². The molecule has 0 radical (unpaired) electrons. The topological polar surface area (TPSA) is 65.6 Å². The maximum absolute atomic E-state index is 13.4. The van der Waals surface area contributed by atoms with Crippen molar-refractivity contribution in [1.82, 2.24) is 24.5 Å². The van der Waals surface area contributed by atoms with Crippen molar-refractivity contribution in [1.29, 1.82) is 0 Å². The van der Waals surface area contributed by atoms with Crippen molar-refractivity contribution in [3.05, 3.63) is 82.2 Å². The SMILES string of the molecule is Cc1cccc(Cn2cnc3c(nnn3-c3cccc(F)c3)c2=O)c1. The Morgan fingerprint density at radius 1 is 1.12 bits per heavy atom. The highest BCUT2D eigenvalue weighted by Gasteiger charge is 2.13. The van der Waals surface area contributed by atoms with Gasteiger partial charge in [-0.15, -0.1) is 5.10 Å². The van der Waals surface area contributed by atoms with Gasteiger partial charge in [-0.25, -0.2) is 9.37 Å². The highest BCUT2D eigenvalue weighted by molar-refractivity contribution is 5.70. The van der Waals surface area contributed by atoms with Crippen LogP contribution in [0.5, 0.6) is 0 Å². The Bertz CT molecular complexity index is 1130. The lowest BCUT2D eigenvalue weighted by atomic mass is 10.1. The van der Waals surface area contributed by atoms with Crippen LogP contribution in [0.2, 0.25) is 0 Å². The standard InChI is InChI=1S/C18H14FN5O/c1-12-4-2-5-13(8-12)10-23-11-20-17-16(18(23)25)21-22-24(17)15-7-3-6-14(19)9-15/h2-9,11H,10H2,1H3. The molecule has 4 aromatic rings. The second kappa shape index (κ2) is 5.94. The summed E-state index contributed by atoms with van der Waals surface area (Å²) >= 11 is 0. The zero-order valence-electron chi connectivity index (χ0n) is 13.4. The van der Waals surface area contributed by atoms with E-state index in [1.807, 2.05) is 31.2 Å². The maximum atomic E-state index is 13.4. The molecule has 0 aliphatic rings. The summed E-state index contributed by atoms with van der Waals surface area (Å²) in [6.45, 7) is 2.40. The van der Waals surface area contributed by atoms with Gasteiger partial charge in [0.1, 0.15) is 12.1 Å². The van der Waals surface area contributed by atoms with E-state index < -0.39 is 5.82 Å². The van der Waals surface area contributed by atoms with Gasteiger partial charge in [0.2, 0.25) is 0 Å². The van der Waals surface area contributed by atoms with Crippen LogP contribution in [-0.4, -0.2) is 24.5 Å². The fourth-order valence-electron chi connectivity index (χ4n) is 2.75. The largest absolute Gasteiger partial charge is 0.293 e. The summed E-state index contributed by atoms with van der Waals surface area (Å²) in [6, 6.07) is 13.8. The molecule has 7 heteroatoms. The first kappa shape index (κ1) is 15.2. The van der Waals surface area contributed by atoms with Crippen LogP contribution < -0.4 is 5.56 Å². The zero-order chi connectivity index (χ0) is 17.4. The van der Waals surface area contributed by atoms with E-state index in [2.05, 4.69) is 15.3 Å². The molecule has 2 aromatic carbocycles. The minimum absolute atomic E-state index is 0.152. The van der Waals surface area contributed by atoms with Crippen molar-refractivity contribution < 1.29 is 4.39 Å².